The van der Waals surface area contributed by atoms with Gasteiger partial charge >= 0.3 is 0 Å². The van der Waals surface area contributed by atoms with E-state index in [2.05, 4.69) is 20.2 Å². The lowest BCUT2D eigenvalue weighted by molar-refractivity contribution is 0.102. The van der Waals surface area contributed by atoms with Crippen LogP contribution in [0.25, 0.3) is 0 Å². The fourth-order valence-corrected chi connectivity index (χ4v) is 4.75. The van der Waals surface area contributed by atoms with Crippen molar-refractivity contribution in [2.24, 2.45) is 0 Å². The zero-order valence-electron chi connectivity index (χ0n) is 14.7. The third-order valence-electron chi connectivity index (χ3n) is 3.67. The smallest absolute Gasteiger partial charge is 0.291 e. The second-order valence-electron chi connectivity index (χ2n) is 5.88. The number of rotatable bonds is 5. The quantitative estimate of drug-likeness (QED) is 0.549. The zero-order chi connectivity index (χ0) is 20.5. The van der Waals surface area contributed by atoms with Crippen molar-refractivity contribution in [2.45, 2.75) is 18.2 Å². The molecule has 146 valence electrons. The Morgan fingerprint density at radius 3 is 2.54 bits per heavy atom. The van der Waals surface area contributed by atoms with Crippen molar-refractivity contribution in [1.82, 2.24) is 10.2 Å². The minimum atomic E-state index is -3.95. The molecule has 11 heteroatoms. The number of carbonyl (C=O) groups is 1. The average Bonchev–Trinajstić information content (AvgIpc) is 3.07. The zero-order valence-corrected chi connectivity index (χ0v) is 17.8. The fourth-order valence-electron chi connectivity index (χ4n) is 2.24. The first kappa shape index (κ1) is 20.5. The van der Waals surface area contributed by atoms with Crippen molar-refractivity contribution in [2.75, 3.05) is 10.0 Å². The number of nitrogens with zero attached hydrogens (tertiary/aromatic N) is 2. The number of nitrogens with one attached hydrogen (secondary N) is 2. The number of sulfonamides is 1. The van der Waals surface area contributed by atoms with Gasteiger partial charge in [-0.25, -0.2) is 0 Å². The highest BCUT2D eigenvalue weighted by Crippen LogP contribution is 2.26. The van der Waals surface area contributed by atoms with Crippen molar-refractivity contribution in [3.05, 3.63) is 63.1 Å². The Kier molecular flexibility index (Phi) is 5.90. The molecule has 1 amide bonds. The lowest BCUT2D eigenvalue weighted by Gasteiger charge is -2.09. The lowest BCUT2D eigenvalue weighted by atomic mass is 10.1. The van der Waals surface area contributed by atoms with Crippen LogP contribution in [0.5, 0.6) is 0 Å². The molecule has 2 N–H and O–H groups in total. The van der Waals surface area contributed by atoms with E-state index in [9.17, 15) is 13.2 Å². The minimum Gasteiger partial charge on any atom is -0.296 e. The Hall–Kier alpha value is -2.20. The summed E-state index contributed by atoms with van der Waals surface area (Å²) in [5.41, 5.74) is 2.31. The molecule has 0 aliphatic heterocycles. The van der Waals surface area contributed by atoms with Gasteiger partial charge in [-0.3, -0.25) is 14.8 Å². The first-order valence-corrected chi connectivity index (χ1v) is 10.9. The van der Waals surface area contributed by atoms with Crippen LogP contribution in [0, 0.1) is 13.8 Å². The molecule has 0 bridgehead atoms. The van der Waals surface area contributed by atoms with Gasteiger partial charge in [0.05, 0.1) is 16.3 Å². The SMILES string of the molecule is Cc1ccc(C)c(NS(=O)(=O)c2nnc(NC(=O)c3ccc(Cl)cc3Cl)s2)c1. The molecule has 0 saturated heterocycles. The van der Waals surface area contributed by atoms with E-state index in [1.54, 1.807) is 13.0 Å². The monoisotopic (exact) mass is 456 g/mol. The van der Waals surface area contributed by atoms with Gasteiger partial charge in [-0.05, 0) is 49.2 Å². The van der Waals surface area contributed by atoms with Gasteiger partial charge in [0.2, 0.25) is 5.13 Å². The Labute approximate surface area is 175 Å². The standard InChI is InChI=1S/C17H14Cl2N4O3S2/c1-9-3-4-10(2)14(7-9)23-28(25,26)17-22-21-16(27-17)20-15(24)12-6-5-11(18)8-13(12)19/h3-8,23H,1-2H3,(H,20,21,24). The predicted molar refractivity (Wildman–Crippen MR) is 111 cm³/mol. The second-order valence-corrected chi connectivity index (χ2v) is 9.55. The minimum absolute atomic E-state index is 0.0253. The Morgan fingerprint density at radius 2 is 1.82 bits per heavy atom. The van der Waals surface area contributed by atoms with Crippen molar-refractivity contribution >= 4 is 61.3 Å². The molecule has 3 rings (SSSR count). The number of aryl methyl sites for hydroxylation is 2. The number of hydrogen-bond donors (Lipinski definition) is 2. The van der Waals surface area contributed by atoms with Crippen LogP contribution in [0.2, 0.25) is 10.0 Å². The number of aromatic nitrogens is 2. The first-order chi connectivity index (χ1) is 13.2. The maximum absolute atomic E-state index is 12.6. The summed E-state index contributed by atoms with van der Waals surface area (Å²) in [6.45, 7) is 3.65. The van der Waals surface area contributed by atoms with E-state index < -0.39 is 15.9 Å². The number of halogens is 2. The molecule has 1 heterocycles. The summed E-state index contributed by atoms with van der Waals surface area (Å²) in [7, 11) is -3.95. The highest BCUT2D eigenvalue weighted by molar-refractivity contribution is 7.94. The Balaban J connectivity index is 1.79. The van der Waals surface area contributed by atoms with Crippen molar-refractivity contribution < 1.29 is 13.2 Å². The summed E-state index contributed by atoms with van der Waals surface area (Å²) < 4.78 is 27.4. The van der Waals surface area contributed by atoms with Gasteiger partial charge in [0, 0.05) is 5.02 Å². The molecular formula is C17H14Cl2N4O3S2. The fraction of sp³-hybridized carbons (Fsp3) is 0.118. The molecule has 0 fully saturated rings. The van der Waals surface area contributed by atoms with Crippen LogP contribution >= 0.6 is 34.5 Å². The second kappa shape index (κ2) is 8.04. The number of anilines is 2. The van der Waals surface area contributed by atoms with Crippen molar-refractivity contribution in [3.63, 3.8) is 0 Å². The molecule has 0 saturated carbocycles. The van der Waals surface area contributed by atoms with Gasteiger partial charge in [0.25, 0.3) is 20.3 Å². The van der Waals surface area contributed by atoms with Crippen LogP contribution in [0.1, 0.15) is 21.5 Å². The van der Waals surface area contributed by atoms with Crippen LogP contribution in [0.4, 0.5) is 10.8 Å². The molecule has 0 spiro atoms. The third kappa shape index (κ3) is 4.61. The van der Waals surface area contributed by atoms with Crippen LogP contribution in [0.15, 0.2) is 40.7 Å². The molecule has 0 aliphatic carbocycles. The number of amides is 1. The maximum atomic E-state index is 12.6. The molecule has 0 atom stereocenters. The van der Waals surface area contributed by atoms with Gasteiger partial charge < -0.3 is 0 Å². The highest BCUT2D eigenvalue weighted by atomic mass is 35.5. The predicted octanol–water partition coefficient (Wildman–Crippen LogP) is 4.51. The van der Waals surface area contributed by atoms with Gasteiger partial charge in [0.15, 0.2) is 0 Å². The highest BCUT2D eigenvalue weighted by Gasteiger charge is 2.22. The van der Waals surface area contributed by atoms with Crippen LogP contribution in [-0.4, -0.2) is 24.5 Å². The van der Waals surface area contributed by atoms with Gasteiger partial charge in [0.1, 0.15) is 0 Å². The molecule has 3 aromatic rings. The van der Waals surface area contributed by atoms with E-state index in [1.165, 1.54) is 18.2 Å². The molecule has 1 aromatic heterocycles. The number of carbonyl (C=O) groups excluding carboxylic acids is 1. The molecule has 0 unspecified atom stereocenters. The number of benzene rings is 2. The molecule has 7 nitrogen and oxygen atoms in total. The van der Waals surface area contributed by atoms with Crippen molar-refractivity contribution in [1.29, 1.82) is 0 Å². The molecule has 0 aliphatic rings. The van der Waals surface area contributed by atoms with E-state index in [0.29, 0.717) is 10.7 Å². The topological polar surface area (TPSA) is 101 Å². The molecule has 0 radical (unpaired) electrons. The van der Waals surface area contributed by atoms with Crippen LogP contribution in [-0.2, 0) is 10.0 Å². The Bertz CT molecular complexity index is 1160. The largest absolute Gasteiger partial charge is 0.296 e. The summed E-state index contributed by atoms with van der Waals surface area (Å²) in [5, 5.41) is 10.5. The summed E-state index contributed by atoms with van der Waals surface area (Å²) in [6, 6.07) is 9.83. The first-order valence-electron chi connectivity index (χ1n) is 7.86. The van der Waals surface area contributed by atoms with Crippen LogP contribution in [0.3, 0.4) is 0 Å². The molecule has 28 heavy (non-hydrogen) atoms. The number of hydrogen-bond acceptors (Lipinski definition) is 6. The van der Waals surface area contributed by atoms with Gasteiger partial charge in [-0.2, -0.15) is 8.42 Å². The van der Waals surface area contributed by atoms with E-state index >= 15 is 0 Å². The van der Waals surface area contributed by atoms with E-state index in [4.69, 9.17) is 23.2 Å². The van der Waals surface area contributed by atoms with Gasteiger partial charge in [-0.15, -0.1) is 10.2 Å². The third-order valence-corrected chi connectivity index (χ3v) is 6.79. The summed E-state index contributed by atoms with van der Waals surface area (Å²) in [4.78, 5) is 12.3. The van der Waals surface area contributed by atoms with E-state index in [1.807, 2.05) is 19.1 Å². The lowest BCUT2D eigenvalue weighted by Crippen LogP contribution is -2.13. The van der Waals surface area contributed by atoms with E-state index in [-0.39, 0.29) is 20.1 Å². The summed E-state index contributed by atoms with van der Waals surface area (Å²) in [6.07, 6.45) is 0. The summed E-state index contributed by atoms with van der Waals surface area (Å²) >= 11 is 12.5. The normalized spacial score (nSPS) is 11.3. The molecular weight excluding hydrogens is 443 g/mol. The van der Waals surface area contributed by atoms with E-state index in [0.717, 1.165) is 22.5 Å². The summed E-state index contributed by atoms with van der Waals surface area (Å²) in [5.74, 6) is -0.552. The average molecular weight is 457 g/mol. The van der Waals surface area contributed by atoms with Gasteiger partial charge in [-0.1, -0.05) is 46.7 Å². The molecule has 2 aromatic carbocycles. The van der Waals surface area contributed by atoms with Crippen LogP contribution < -0.4 is 10.0 Å². The Morgan fingerprint density at radius 1 is 1.07 bits per heavy atom. The van der Waals surface area contributed by atoms with Crippen molar-refractivity contribution in [3.8, 4) is 0 Å². The maximum Gasteiger partial charge on any atom is 0.291 e.